The molecule has 15 heavy (non-hydrogen) atoms. The first-order chi connectivity index (χ1) is 7.15. The number of aromatic nitrogens is 2. The second-order valence-electron chi connectivity index (χ2n) is 3.68. The van der Waals surface area contributed by atoms with Gasteiger partial charge in [-0.25, -0.2) is 4.98 Å². The van der Waals surface area contributed by atoms with E-state index in [9.17, 15) is 5.11 Å². The largest absolute Gasteiger partial charge is 0.389 e. The molecule has 0 fully saturated rings. The average molecular weight is 222 g/mol. The summed E-state index contributed by atoms with van der Waals surface area (Å²) in [5.74, 6) is 0. The van der Waals surface area contributed by atoms with Crippen LogP contribution in [0.5, 0.6) is 0 Å². The molecular formula is C11H14N2OS. The molecule has 0 bridgehead atoms. The van der Waals surface area contributed by atoms with Gasteiger partial charge >= 0.3 is 0 Å². The molecule has 4 heteroatoms. The predicted octanol–water partition coefficient (Wildman–Crippen LogP) is 2.35. The zero-order chi connectivity index (χ0) is 10.8. The Morgan fingerprint density at radius 1 is 1.60 bits per heavy atom. The van der Waals surface area contributed by atoms with Gasteiger partial charge < -0.3 is 9.67 Å². The fourth-order valence-electron chi connectivity index (χ4n) is 1.44. The molecule has 0 aliphatic rings. The van der Waals surface area contributed by atoms with Gasteiger partial charge in [0, 0.05) is 23.5 Å². The molecule has 0 aliphatic carbocycles. The van der Waals surface area contributed by atoms with E-state index in [-0.39, 0.29) is 0 Å². The summed E-state index contributed by atoms with van der Waals surface area (Å²) in [4.78, 5) is 4.40. The highest BCUT2D eigenvalue weighted by Gasteiger charge is 2.04. The van der Waals surface area contributed by atoms with Crippen molar-refractivity contribution in [3.63, 3.8) is 0 Å². The van der Waals surface area contributed by atoms with Crippen molar-refractivity contribution in [2.45, 2.75) is 26.5 Å². The van der Waals surface area contributed by atoms with Crippen molar-refractivity contribution in [3.8, 4) is 0 Å². The van der Waals surface area contributed by atoms with Gasteiger partial charge in [0.1, 0.15) is 5.01 Å². The van der Waals surface area contributed by atoms with E-state index < -0.39 is 6.10 Å². The van der Waals surface area contributed by atoms with Gasteiger partial charge in [0.2, 0.25) is 0 Å². The maximum absolute atomic E-state index is 9.38. The molecule has 2 aromatic rings. The molecule has 0 radical (unpaired) electrons. The second-order valence-corrected chi connectivity index (χ2v) is 4.62. The van der Waals surface area contributed by atoms with E-state index in [0.29, 0.717) is 0 Å². The van der Waals surface area contributed by atoms with Crippen molar-refractivity contribution < 1.29 is 5.11 Å². The van der Waals surface area contributed by atoms with Crippen molar-refractivity contribution in [2.75, 3.05) is 0 Å². The zero-order valence-electron chi connectivity index (χ0n) is 8.84. The van der Waals surface area contributed by atoms with Gasteiger partial charge in [-0.05, 0) is 25.5 Å². The average Bonchev–Trinajstić information content (AvgIpc) is 2.76. The summed E-state index contributed by atoms with van der Waals surface area (Å²) < 4.78 is 2.04. The standard InChI is InChI=1S/C11H14N2OS/c1-8-7-15-11(12-8)6-13-4-3-10(5-13)9(2)14/h3-5,7,9,14H,6H2,1-2H3. The first kappa shape index (κ1) is 10.4. The van der Waals surface area contributed by atoms with Crippen molar-refractivity contribution in [3.05, 3.63) is 40.1 Å². The summed E-state index contributed by atoms with van der Waals surface area (Å²) in [5, 5.41) is 12.5. The topological polar surface area (TPSA) is 38.0 Å². The van der Waals surface area contributed by atoms with Crippen molar-refractivity contribution >= 4 is 11.3 Å². The smallest absolute Gasteiger partial charge is 0.113 e. The predicted molar refractivity (Wildman–Crippen MR) is 61.0 cm³/mol. The Morgan fingerprint density at radius 3 is 2.93 bits per heavy atom. The molecule has 80 valence electrons. The molecule has 1 unspecified atom stereocenters. The lowest BCUT2D eigenvalue weighted by molar-refractivity contribution is 0.199. The second kappa shape index (κ2) is 4.16. The van der Waals surface area contributed by atoms with Gasteiger partial charge in [0.15, 0.2) is 0 Å². The lowest BCUT2D eigenvalue weighted by Crippen LogP contribution is -1.96. The molecule has 2 rings (SSSR count). The van der Waals surface area contributed by atoms with Gasteiger partial charge in [-0.1, -0.05) is 0 Å². The Balaban J connectivity index is 2.11. The van der Waals surface area contributed by atoms with E-state index in [1.54, 1.807) is 18.3 Å². The zero-order valence-corrected chi connectivity index (χ0v) is 9.66. The normalized spacial score (nSPS) is 13.0. The number of rotatable bonds is 3. The number of nitrogens with zero attached hydrogens (tertiary/aromatic N) is 2. The summed E-state index contributed by atoms with van der Waals surface area (Å²) in [6.07, 6.45) is 3.53. The Labute approximate surface area is 93.0 Å². The Kier molecular flexibility index (Phi) is 2.88. The molecule has 1 N–H and O–H groups in total. The quantitative estimate of drug-likeness (QED) is 0.865. The monoisotopic (exact) mass is 222 g/mol. The van der Waals surface area contributed by atoms with Crippen LogP contribution in [0.15, 0.2) is 23.8 Å². The molecule has 1 atom stereocenters. The van der Waals surface area contributed by atoms with Crippen molar-refractivity contribution in [2.24, 2.45) is 0 Å². The van der Waals surface area contributed by atoms with Crippen molar-refractivity contribution in [1.82, 2.24) is 9.55 Å². The summed E-state index contributed by atoms with van der Waals surface area (Å²) in [7, 11) is 0. The molecule has 0 saturated heterocycles. The maximum atomic E-state index is 9.38. The van der Waals surface area contributed by atoms with E-state index >= 15 is 0 Å². The molecule has 2 heterocycles. The number of aliphatic hydroxyl groups is 1. The summed E-state index contributed by atoms with van der Waals surface area (Å²) in [6, 6.07) is 1.94. The minimum atomic E-state index is -0.399. The molecular weight excluding hydrogens is 208 g/mol. The van der Waals surface area contributed by atoms with E-state index in [1.807, 2.05) is 30.0 Å². The highest BCUT2D eigenvalue weighted by molar-refractivity contribution is 7.09. The van der Waals surface area contributed by atoms with Crippen LogP contribution in [0.25, 0.3) is 0 Å². The van der Waals surface area contributed by atoms with Crippen molar-refractivity contribution in [1.29, 1.82) is 0 Å². The molecule has 0 spiro atoms. The Hall–Kier alpha value is -1.13. The number of hydrogen-bond donors (Lipinski definition) is 1. The van der Waals surface area contributed by atoms with Crippen LogP contribution in [-0.4, -0.2) is 14.7 Å². The third-order valence-corrected chi connectivity index (χ3v) is 3.19. The van der Waals surface area contributed by atoms with Gasteiger partial charge in [-0.3, -0.25) is 0 Å². The minimum absolute atomic E-state index is 0.399. The molecule has 0 aromatic carbocycles. The Morgan fingerprint density at radius 2 is 2.40 bits per heavy atom. The lowest BCUT2D eigenvalue weighted by Gasteiger charge is -2.00. The van der Waals surface area contributed by atoms with E-state index in [4.69, 9.17) is 0 Å². The number of hydrogen-bond acceptors (Lipinski definition) is 3. The van der Waals surface area contributed by atoms with Crippen LogP contribution in [0.3, 0.4) is 0 Å². The molecule has 0 amide bonds. The fraction of sp³-hybridized carbons (Fsp3) is 0.364. The molecule has 3 nitrogen and oxygen atoms in total. The van der Waals surface area contributed by atoms with Gasteiger partial charge in [-0.2, -0.15) is 0 Å². The third-order valence-electron chi connectivity index (χ3n) is 2.24. The first-order valence-electron chi connectivity index (χ1n) is 4.90. The number of thiazole rings is 1. The highest BCUT2D eigenvalue weighted by Crippen LogP contribution is 2.15. The minimum Gasteiger partial charge on any atom is -0.389 e. The molecule has 0 aliphatic heterocycles. The van der Waals surface area contributed by atoms with E-state index in [2.05, 4.69) is 10.4 Å². The van der Waals surface area contributed by atoms with Crippen LogP contribution in [0.4, 0.5) is 0 Å². The van der Waals surface area contributed by atoms with E-state index in [1.165, 1.54) is 0 Å². The molecule has 2 aromatic heterocycles. The van der Waals surface area contributed by atoms with Crippen LogP contribution < -0.4 is 0 Å². The van der Waals surface area contributed by atoms with Crippen LogP contribution in [-0.2, 0) is 6.54 Å². The first-order valence-corrected chi connectivity index (χ1v) is 5.78. The summed E-state index contributed by atoms with van der Waals surface area (Å²) >= 11 is 1.67. The van der Waals surface area contributed by atoms with Crippen LogP contribution in [0, 0.1) is 6.92 Å². The lowest BCUT2D eigenvalue weighted by atomic mass is 10.2. The van der Waals surface area contributed by atoms with E-state index in [0.717, 1.165) is 22.8 Å². The number of aryl methyl sites for hydroxylation is 1. The summed E-state index contributed by atoms with van der Waals surface area (Å²) in [5.41, 5.74) is 2.01. The van der Waals surface area contributed by atoms with Gasteiger partial charge in [-0.15, -0.1) is 11.3 Å². The number of aliphatic hydroxyl groups excluding tert-OH is 1. The Bertz CT molecular complexity index is 445. The summed E-state index contributed by atoms with van der Waals surface area (Å²) in [6.45, 7) is 4.55. The van der Waals surface area contributed by atoms with Gasteiger partial charge in [0.05, 0.1) is 12.6 Å². The SMILES string of the molecule is Cc1csc(Cn2ccc(C(C)O)c2)n1. The van der Waals surface area contributed by atoms with Gasteiger partial charge in [0.25, 0.3) is 0 Å². The maximum Gasteiger partial charge on any atom is 0.113 e. The highest BCUT2D eigenvalue weighted by atomic mass is 32.1. The van der Waals surface area contributed by atoms with Crippen LogP contribution in [0.2, 0.25) is 0 Å². The molecule has 0 saturated carbocycles. The van der Waals surface area contributed by atoms with Crippen LogP contribution in [0.1, 0.15) is 29.3 Å². The fourth-order valence-corrected chi connectivity index (χ4v) is 2.22. The van der Waals surface area contributed by atoms with Crippen LogP contribution >= 0.6 is 11.3 Å². The third kappa shape index (κ3) is 2.46.